The van der Waals surface area contributed by atoms with Gasteiger partial charge < -0.3 is 19.8 Å². The highest BCUT2D eigenvalue weighted by Crippen LogP contribution is 2.18. The maximum absolute atomic E-state index is 12.1. The van der Waals surface area contributed by atoms with Gasteiger partial charge in [-0.25, -0.2) is 0 Å². The predicted molar refractivity (Wildman–Crippen MR) is 107 cm³/mol. The minimum Gasteiger partial charge on any atom is -0.489 e. The van der Waals surface area contributed by atoms with E-state index in [-0.39, 0.29) is 24.4 Å². The molecule has 0 spiro atoms. The molecule has 3 rings (SSSR count). The van der Waals surface area contributed by atoms with Crippen LogP contribution in [0.1, 0.15) is 40.2 Å². The fourth-order valence-electron chi connectivity index (χ4n) is 2.76. The van der Waals surface area contributed by atoms with Crippen molar-refractivity contribution in [1.82, 2.24) is 15.6 Å². The molecule has 1 unspecified atom stereocenters. The largest absolute Gasteiger partial charge is 0.489 e. The Hall–Kier alpha value is -3.61. The van der Waals surface area contributed by atoms with E-state index < -0.39 is 0 Å². The number of benzene rings is 1. The molecule has 2 heterocycles. The van der Waals surface area contributed by atoms with Gasteiger partial charge >= 0.3 is 0 Å². The number of ether oxygens (including phenoxy) is 1. The lowest BCUT2D eigenvalue weighted by molar-refractivity contribution is -0.120. The quantitative estimate of drug-likeness (QED) is 0.613. The standard InChI is InChI=1S/C22H23N3O4/c1-15(25-21(26)13-24-22(27)20-9-11-28-16(20)2)18-5-7-19(8-6-18)29-14-17-4-3-10-23-12-17/h3-12,15H,13-14H2,1-2H3,(H,24,27)(H,25,26). The zero-order chi connectivity index (χ0) is 20.6. The lowest BCUT2D eigenvalue weighted by Gasteiger charge is -2.15. The van der Waals surface area contributed by atoms with Gasteiger partial charge in [0.05, 0.1) is 24.4 Å². The molecule has 7 nitrogen and oxygen atoms in total. The maximum Gasteiger partial charge on any atom is 0.255 e. The highest BCUT2D eigenvalue weighted by molar-refractivity contribution is 5.97. The molecule has 0 fully saturated rings. The molecule has 0 radical (unpaired) electrons. The molecule has 1 aromatic carbocycles. The number of furan rings is 1. The summed E-state index contributed by atoms with van der Waals surface area (Å²) >= 11 is 0. The Morgan fingerprint density at radius 2 is 1.97 bits per heavy atom. The van der Waals surface area contributed by atoms with Crippen molar-refractivity contribution in [2.75, 3.05) is 6.54 Å². The molecule has 1 atom stereocenters. The molecule has 2 aromatic heterocycles. The van der Waals surface area contributed by atoms with Crippen molar-refractivity contribution >= 4 is 11.8 Å². The number of hydrogen-bond donors (Lipinski definition) is 2. The van der Waals surface area contributed by atoms with Gasteiger partial charge in [-0.05, 0) is 43.7 Å². The van der Waals surface area contributed by atoms with E-state index in [2.05, 4.69) is 15.6 Å². The molecule has 0 aliphatic carbocycles. The van der Waals surface area contributed by atoms with Gasteiger partial charge in [0.25, 0.3) is 5.91 Å². The smallest absolute Gasteiger partial charge is 0.255 e. The Labute approximate surface area is 169 Å². The number of rotatable bonds is 8. The van der Waals surface area contributed by atoms with Gasteiger partial charge in [-0.2, -0.15) is 0 Å². The van der Waals surface area contributed by atoms with Crippen LogP contribution >= 0.6 is 0 Å². The summed E-state index contributed by atoms with van der Waals surface area (Å²) in [5.74, 6) is 0.638. The van der Waals surface area contributed by atoms with Crippen molar-refractivity contribution in [2.45, 2.75) is 26.5 Å². The van der Waals surface area contributed by atoms with Crippen LogP contribution in [0.2, 0.25) is 0 Å². The molecule has 150 valence electrons. The van der Waals surface area contributed by atoms with E-state index in [1.54, 1.807) is 25.4 Å². The Morgan fingerprint density at radius 1 is 1.17 bits per heavy atom. The molecule has 2 N–H and O–H groups in total. The molecule has 7 heteroatoms. The minimum atomic E-state index is -0.339. The summed E-state index contributed by atoms with van der Waals surface area (Å²) < 4.78 is 10.8. The molecular formula is C22H23N3O4. The van der Waals surface area contributed by atoms with Crippen molar-refractivity contribution in [1.29, 1.82) is 0 Å². The third kappa shape index (κ3) is 5.68. The van der Waals surface area contributed by atoms with Crippen LogP contribution in [0.3, 0.4) is 0 Å². The lowest BCUT2D eigenvalue weighted by atomic mass is 10.1. The normalized spacial score (nSPS) is 11.5. The van der Waals surface area contributed by atoms with Crippen LogP contribution in [0.5, 0.6) is 5.75 Å². The first-order valence-corrected chi connectivity index (χ1v) is 9.26. The zero-order valence-electron chi connectivity index (χ0n) is 16.3. The average Bonchev–Trinajstić information content (AvgIpc) is 3.17. The summed E-state index contributed by atoms with van der Waals surface area (Å²) in [6, 6.07) is 12.7. The number of nitrogens with zero attached hydrogens (tertiary/aromatic N) is 1. The third-order valence-corrected chi connectivity index (χ3v) is 4.40. The van der Waals surface area contributed by atoms with Crippen molar-refractivity contribution in [2.24, 2.45) is 0 Å². The Balaban J connectivity index is 1.46. The molecular weight excluding hydrogens is 370 g/mol. The van der Waals surface area contributed by atoms with Gasteiger partial charge in [0.2, 0.25) is 5.91 Å². The first-order valence-electron chi connectivity index (χ1n) is 9.26. The van der Waals surface area contributed by atoms with E-state index in [1.807, 2.05) is 43.3 Å². The molecule has 3 aromatic rings. The van der Waals surface area contributed by atoms with E-state index in [9.17, 15) is 9.59 Å². The maximum atomic E-state index is 12.1. The van der Waals surface area contributed by atoms with E-state index >= 15 is 0 Å². The summed E-state index contributed by atoms with van der Waals surface area (Å²) in [6.07, 6.45) is 4.92. The zero-order valence-corrected chi connectivity index (χ0v) is 16.3. The number of pyridine rings is 1. The van der Waals surface area contributed by atoms with E-state index in [4.69, 9.17) is 9.15 Å². The second kappa shape index (κ2) is 9.54. The van der Waals surface area contributed by atoms with Gasteiger partial charge in [0, 0.05) is 18.0 Å². The molecule has 2 amide bonds. The molecule has 0 aliphatic heterocycles. The Kier molecular flexibility index (Phi) is 6.63. The molecule has 0 saturated heterocycles. The van der Waals surface area contributed by atoms with Crippen molar-refractivity contribution < 1.29 is 18.7 Å². The van der Waals surface area contributed by atoms with E-state index in [0.29, 0.717) is 17.9 Å². The highest BCUT2D eigenvalue weighted by atomic mass is 16.5. The first-order chi connectivity index (χ1) is 14.0. The Morgan fingerprint density at radius 3 is 2.62 bits per heavy atom. The van der Waals surface area contributed by atoms with Crippen LogP contribution < -0.4 is 15.4 Å². The third-order valence-electron chi connectivity index (χ3n) is 4.40. The van der Waals surface area contributed by atoms with Crippen LogP contribution in [-0.2, 0) is 11.4 Å². The Bertz CT molecular complexity index is 952. The number of hydrogen-bond acceptors (Lipinski definition) is 5. The van der Waals surface area contributed by atoms with Gasteiger partial charge in [0.15, 0.2) is 0 Å². The molecule has 0 bridgehead atoms. The fourth-order valence-corrected chi connectivity index (χ4v) is 2.76. The number of nitrogens with one attached hydrogen (secondary N) is 2. The van der Waals surface area contributed by atoms with E-state index in [1.165, 1.54) is 6.26 Å². The fraction of sp³-hybridized carbons (Fsp3) is 0.227. The summed E-state index contributed by atoms with van der Waals surface area (Å²) in [5, 5.41) is 5.45. The summed E-state index contributed by atoms with van der Waals surface area (Å²) in [6.45, 7) is 3.90. The topological polar surface area (TPSA) is 93.5 Å². The van der Waals surface area contributed by atoms with Crippen molar-refractivity contribution in [3.63, 3.8) is 0 Å². The minimum absolute atomic E-state index is 0.111. The molecule has 29 heavy (non-hydrogen) atoms. The second-order valence-corrected chi connectivity index (χ2v) is 6.58. The first kappa shape index (κ1) is 20.1. The highest BCUT2D eigenvalue weighted by Gasteiger charge is 2.14. The molecule has 0 saturated carbocycles. The number of amides is 2. The van der Waals surface area contributed by atoms with Crippen LogP contribution in [-0.4, -0.2) is 23.3 Å². The van der Waals surface area contributed by atoms with E-state index in [0.717, 1.165) is 16.9 Å². The predicted octanol–water partition coefficient (Wildman–Crippen LogP) is 3.17. The van der Waals surface area contributed by atoms with Gasteiger partial charge in [-0.15, -0.1) is 0 Å². The van der Waals surface area contributed by atoms with Crippen LogP contribution in [0.4, 0.5) is 0 Å². The van der Waals surface area contributed by atoms with Crippen molar-refractivity contribution in [3.8, 4) is 5.75 Å². The lowest BCUT2D eigenvalue weighted by Crippen LogP contribution is -2.38. The van der Waals surface area contributed by atoms with Gasteiger partial charge in [-0.1, -0.05) is 18.2 Å². The van der Waals surface area contributed by atoms with Crippen LogP contribution in [0.25, 0.3) is 0 Å². The number of aromatic nitrogens is 1. The second-order valence-electron chi connectivity index (χ2n) is 6.58. The van der Waals surface area contributed by atoms with Gasteiger partial charge in [-0.3, -0.25) is 14.6 Å². The number of carbonyl (C=O) groups is 2. The average molecular weight is 393 g/mol. The van der Waals surface area contributed by atoms with Crippen molar-refractivity contribution in [3.05, 3.63) is 83.6 Å². The molecule has 0 aliphatic rings. The monoisotopic (exact) mass is 393 g/mol. The van der Waals surface area contributed by atoms with Gasteiger partial charge in [0.1, 0.15) is 18.1 Å². The number of carbonyl (C=O) groups excluding carboxylic acids is 2. The van der Waals surface area contributed by atoms with Crippen LogP contribution in [0.15, 0.2) is 65.5 Å². The summed E-state index contributed by atoms with van der Waals surface area (Å²) in [4.78, 5) is 28.2. The van der Waals surface area contributed by atoms with Crippen LogP contribution in [0, 0.1) is 6.92 Å². The SMILES string of the molecule is Cc1occc1C(=O)NCC(=O)NC(C)c1ccc(OCc2cccnc2)cc1. The summed E-state index contributed by atoms with van der Waals surface area (Å²) in [7, 11) is 0. The summed E-state index contributed by atoms with van der Waals surface area (Å²) in [5.41, 5.74) is 2.35. The number of aryl methyl sites for hydroxylation is 1.